The molecule has 1 saturated heterocycles. The molecular formula is C13H17FN2O2. The summed E-state index contributed by atoms with van der Waals surface area (Å²) in [6.07, 6.45) is 2.10. The van der Waals surface area contributed by atoms with Crippen molar-refractivity contribution in [1.82, 2.24) is 4.98 Å². The standard InChI is InChI=1S/C13H17FN2O2/c1-8(2)9-3-4-16(7-9)12-11(13(17)18)5-10(14)6-15-12/h5-6,8-9H,3-4,7H2,1-2H3,(H,17,18). The number of anilines is 1. The van der Waals surface area contributed by atoms with Crippen molar-refractivity contribution in [1.29, 1.82) is 0 Å². The molecule has 0 amide bonds. The number of carbonyl (C=O) groups is 1. The van der Waals surface area contributed by atoms with E-state index in [1.54, 1.807) is 0 Å². The highest BCUT2D eigenvalue weighted by atomic mass is 19.1. The molecule has 5 heteroatoms. The lowest BCUT2D eigenvalue weighted by atomic mass is 9.95. The van der Waals surface area contributed by atoms with E-state index in [1.807, 2.05) is 4.90 Å². The van der Waals surface area contributed by atoms with Gasteiger partial charge in [-0.3, -0.25) is 0 Å². The fourth-order valence-corrected chi connectivity index (χ4v) is 2.37. The van der Waals surface area contributed by atoms with Crippen molar-refractivity contribution in [3.8, 4) is 0 Å². The van der Waals surface area contributed by atoms with E-state index >= 15 is 0 Å². The maximum atomic E-state index is 13.1. The van der Waals surface area contributed by atoms with Crippen molar-refractivity contribution < 1.29 is 14.3 Å². The second kappa shape index (κ2) is 4.92. The summed E-state index contributed by atoms with van der Waals surface area (Å²) < 4.78 is 13.1. The maximum absolute atomic E-state index is 13.1. The Labute approximate surface area is 105 Å². The topological polar surface area (TPSA) is 53.4 Å². The van der Waals surface area contributed by atoms with E-state index in [0.29, 0.717) is 17.7 Å². The van der Waals surface area contributed by atoms with Gasteiger partial charge in [0.05, 0.1) is 6.20 Å². The molecule has 0 bridgehead atoms. The Morgan fingerprint density at radius 1 is 1.61 bits per heavy atom. The molecule has 1 aliphatic rings. The Hall–Kier alpha value is -1.65. The van der Waals surface area contributed by atoms with Gasteiger partial charge in [-0.25, -0.2) is 14.2 Å². The number of carboxylic acid groups (broad SMARTS) is 1. The van der Waals surface area contributed by atoms with E-state index in [2.05, 4.69) is 18.8 Å². The minimum absolute atomic E-state index is 0.0561. The number of halogens is 1. The van der Waals surface area contributed by atoms with E-state index in [-0.39, 0.29) is 5.56 Å². The molecular weight excluding hydrogens is 235 g/mol. The first-order valence-electron chi connectivity index (χ1n) is 6.13. The van der Waals surface area contributed by atoms with Crippen LogP contribution in [-0.2, 0) is 0 Å². The highest BCUT2D eigenvalue weighted by Crippen LogP contribution is 2.29. The number of hydrogen-bond donors (Lipinski definition) is 1. The monoisotopic (exact) mass is 252 g/mol. The largest absolute Gasteiger partial charge is 0.478 e. The Kier molecular flexibility index (Phi) is 3.50. The summed E-state index contributed by atoms with van der Waals surface area (Å²) in [6.45, 7) is 5.88. The zero-order chi connectivity index (χ0) is 13.3. The van der Waals surface area contributed by atoms with Gasteiger partial charge in [-0.05, 0) is 24.3 Å². The number of rotatable bonds is 3. The first kappa shape index (κ1) is 12.8. The normalized spacial score (nSPS) is 19.6. The molecule has 1 aromatic rings. The molecule has 2 rings (SSSR count). The molecule has 0 saturated carbocycles. The first-order chi connectivity index (χ1) is 8.49. The number of pyridine rings is 1. The molecule has 1 aliphatic heterocycles. The van der Waals surface area contributed by atoms with Gasteiger partial charge in [0.2, 0.25) is 0 Å². The molecule has 1 fully saturated rings. The van der Waals surface area contributed by atoms with E-state index < -0.39 is 11.8 Å². The van der Waals surface area contributed by atoms with E-state index in [1.165, 1.54) is 0 Å². The van der Waals surface area contributed by atoms with Crippen molar-refractivity contribution in [3.63, 3.8) is 0 Å². The van der Waals surface area contributed by atoms with Crippen LogP contribution in [0.25, 0.3) is 0 Å². The van der Waals surface area contributed by atoms with Gasteiger partial charge in [-0.2, -0.15) is 0 Å². The van der Waals surface area contributed by atoms with Crippen molar-refractivity contribution in [2.24, 2.45) is 11.8 Å². The predicted molar refractivity (Wildman–Crippen MR) is 66.3 cm³/mol. The van der Waals surface area contributed by atoms with Crippen LogP contribution in [0.3, 0.4) is 0 Å². The highest BCUT2D eigenvalue weighted by Gasteiger charge is 2.28. The number of aromatic nitrogens is 1. The van der Waals surface area contributed by atoms with Crippen molar-refractivity contribution >= 4 is 11.8 Å². The summed E-state index contributed by atoms with van der Waals surface area (Å²) in [5, 5.41) is 9.09. The molecule has 1 unspecified atom stereocenters. The Morgan fingerprint density at radius 3 is 2.89 bits per heavy atom. The molecule has 0 radical (unpaired) electrons. The second-order valence-electron chi connectivity index (χ2n) is 5.07. The van der Waals surface area contributed by atoms with Crippen LogP contribution in [0.15, 0.2) is 12.3 Å². The van der Waals surface area contributed by atoms with E-state index in [9.17, 15) is 9.18 Å². The summed E-state index contributed by atoms with van der Waals surface area (Å²) in [6, 6.07) is 1.04. The van der Waals surface area contributed by atoms with Crippen LogP contribution >= 0.6 is 0 Å². The third kappa shape index (κ3) is 2.44. The van der Waals surface area contributed by atoms with Crippen LogP contribution in [0.4, 0.5) is 10.2 Å². The Balaban J connectivity index is 2.27. The predicted octanol–water partition coefficient (Wildman–Crippen LogP) is 2.40. The summed E-state index contributed by atoms with van der Waals surface area (Å²) in [7, 11) is 0. The molecule has 1 N–H and O–H groups in total. The number of aromatic carboxylic acids is 1. The SMILES string of the molecule is CC(C)C1CCN(c2ncc(F)cc2C(=O)O)C1. The van der Waals surface area contributed by atoms with Gasteiger partial charge < -0.3 is 10.0 Å². The molecule has 0 spiro atoms. The molecule has 0 aromatic carbocycles. The summed E-state index contributed by atoms with van der Waals surface area (Å²) in [5.41, 5.74) is -0.0561. The molecule has 18 heavy (non-hydrogen) atoms. The lowest BCUT2D eigenvalue weighted by Crippen LogP contribution is -2.24. The van der Waals surface area contributed by atoms with Crippen molar-refractivity contribution in [2.75, 3.05) is 18.0 Å². The van der Waals surface area contributed by atoms with Gasteiger partial charge in [-0.15, -0.1) is 0 Å². The van der Waals surface area contributed by atoms with Crippen LogP contribution in [0.2, 0.25) is 0 Å². The van der Waals surface area contributed by atoms with Crippen molar-refractivity contribution in [3.05, 3.63) is 23.6 Å². The smallest absolute Gasteiger partial charge is 0.339 e. The van der Waals surface area contributed by atoms with Crippen molar-refractivity contribution in [2.45, 2.75) is 20.3 Å². The summed E-state index contributed by atoms with van der Waals surface area (Å²) >= 11 is 0. The number of hydrogen-bond acceptors (Lipinski definition) is 3. The molecule has 4 nitrogen and oxygen atoms in total. The summed E-state index contributed by atoms with van der Waals surface area (Å²) in [5.74, 6) is -0.268. The number of carboxylic acids is 1. The minimum atomic E-state index is -1.13. The minimum Gasteiger partial charge on any atom is -0.478 e. The molecule has 2 heterocycles. The first-order valence-corrected chi connectivity index (χ1v) is 6.13. The maximum Gasteiger partial charge on any atom is 0.339 e. The zero-order valence-corrected chi connectivity index (χ0v) is 10.6. The average molecular weight is 252 g/mol. The van der Waals surface area contributed by atoms with Crippen LogP contribution in [0, 0.1) is 17.7 Å². The van der Waals surface area contributed by atoms with Gasteiger partial charge in [0.1, 0.15) is 17.2 Å². The zero-order valence-electron chi connectivity index (χ0n) is 10.6. The molecule has 1 aromatic heterocycles. The van der Waals surface area contributed by atoms with Gasteiger partial charge in [0.25, 0.3) is 0 Å². The Morgan fingerprint density at radius 2 is 2.33 bits per heavy atom. The number of nitrogens with zero attached hydrogens (tertiary/aromatic N) is 2. The van der Waals surface area contributed by atoms with Crippen LogP contribution in [0.1, 0.15) is 30.6 Å². The lowest BCUT2D eigenvalue weighted by molar-refractivity contribution is 0.0696. The van der Waals surface area contributed by atoms with Gasteiger partial charge in [0.15, 0.2) is 0 Å². The molecule has 1 atom stereocenters. The van der Waals surface area contributed by atoms with Gasteiger partial charge in [0, 0.05) is 13.1 Å². The van der Waals surface area contributed by atoms with Crippen LogP contribution in [-0.4, -0.2) is 29.1 Å². The highest BCUT2D eigenvalue weighted by molar-refractivity contribution is 5.93. The lowest BCUT2D eigenvalue weighted by Gasteiger charge is -2.20. The van der Waals surface area contributed by atoms with E-state index in [0.717, 1.165) is 31.8 Å². The molecule has 0 aliphatic carbocycles. The molecule has 98 valence electrons. The van der Waals surface area contributed by atoms with Crippen LogP contribution in [0.5, 0.6) is 0 Å². The fourth-order valence-electron chi connectivity index (χ4n) is 2.37. The quantitative estimate of drug-likeness (QED) is 0.897. The Bertz CT molecular complexity index is 462. The van der Waals surface area contributed by atoms with Gasteiger partial charge >= 0.3 is 5.97 Å². The second-order valence-corrected chi connectivity index (χ2v) is 5.07. The summed E-state index contributed by atoms with van der Waals surface area (Å²) in [4.78, 5) is 17.0. The van der Waals surface area contributed by atoms with Gasteiger partial charge in [-0.1, -0.05) is 13.8 Å². The van der Waals surface area contributed by atoms with E-state index in [4.69, 9.17) is 5.11 Å². The third-order valence-electron chi connectivity index (χ3n) is 3.53. The fraction of sp³-hybridized carbons (Fsp3) is 0.538. The van der Waals surface area contributed by atoms with Crippen LogP contribution < -0.4 is 4.90 Å². The third-order valence-corrected chi connectivity index (χ3v) is 3.53. The average Bonchev–Trinajstić information content (AvgIpc) is 2.78.